The monoisotopic (exact) mass is 226 g/mol. The first-order valence-corrected chi connectivity index (χ1v) is 5.73. The van der Waals surface area contributed by atoms with E-state index in [4.69, 9.17) is 9.84 Å². The molecule has 0 aliphatic carbocycles. The van der Waals surface area contributed by atoms with Gasteiger partial charge in [-0.2, -0.15) is 0 Å². The second-order valence-corrected chi connectivity index (χ2v) is 3.90. The predicted octanol–water partition coefficient (Wildman–Crippen LogP) is 3.13. The predicted molar refractivity (Wildman–Crippen MR) is 61.9 cm³/mol. The number of rotatable bonds is 6. The maximum absolute atomic E-state index is 12.9. The molecule has 0 fully saturated rings. The lowest BCUT2D eigenvalue weighted by molar-refractivity contribution is 0.226. The van der Waals surface area contributed by atoms with Crippen molar-refractivity contribution >= 4 is 0 Å². The number of hydrogen-bond donors (Lipinski definition) is 1. The van der Waals surface area contributed by atoms with Crippen molar-refractivity contribution in [3.05, 3.63) is 29.6 Å². The van der Waals surface area contributed by atoms with Crippen molar-refractivity contribution in [3.8, 4) is 5.75 Å². The molecule has 0 unspecified atom stereocenters. The van der Waals surface area contributed by atoms with Gasteiger partial charge in [-0.1, -0.05) is 26.7 Å². The SMILES string of the molecule is CCC(CC)COc1ccc(F)cc1CO. The summed E-state index contributed by atoms with van der Waals surface area (Å²) in [6.07, 6.45) is 2.12. The van der Waals surface area contributed by atoms with E-state index in [2.05, 4.69) is 13.8 Å². The minimum atomic E-state index is -0.348. The van der Waals surface area contributed by atoms with Crippen molar-refractivity contribution in [2.24, 2.45) is 5.92 Å². The van der Waals surface area contributed by atoms with Crippen LogP contribution in [0.4, 0.5) is 4.39 Å². The zero-order chi connectivity index (χ0) is 12.0. The lowest BCUT2D eigenvalue weighted by Gasteiger charge is -2.15. The fourth-order valence-electron chi connectivity index (χ4n) is 1.54. The zero-order valence-electron chi connectivity index (χ0n) is 9.87. The van der Waals surface area contributed by atoms with Crippen LogP contribution in [0.5, 0.6) is 5.75 Å². The summed E-state index contributed by atoms with van der Waals surface area (Å²) < 4.78 is 18.5. The van der Waals surface area contributed by atoms with Gasteiger partial charge in [0.2, 0.25) is 0 Å². The summed E-state index contributed by atoms with van der Waals surface area (Å²) >= 11 is 0. The standard InChI is InChI=1S/C13H19FO2/c1-3-10(4-2)9-16-13-6-5-12(14)7-11(13)8-15/h5-7,10,15H,3-4,8-9H2,1-2H3. The molecule has 0 heterocycles. The van der Waals surface area contributed by atoms with Crippen LogP contribution in [0.25, 0.3) is 0 Å². The van der Waals surface area contributed by atoms with E-state index in [9.17, 15) is 4.39 Å². The van der Waals surface area contributed by atoms with Gasteiger partial charge in [-0.3, -0.25) is 0 Å². The average molecular weight is 226 g/mol. The molecular formula is C13H19FO2. The van der Waals surface area contributed by atoms with Gasteiger partial charge in [0, 0.05) is 5.56 Å². The van der Waals surface area contributed by atoms with Crippen LogP contribution in [0.1, 0.15) is 32.3 Å². The molecule has 0 aliphatic heterocycles. The van der Waals surface area contributed by atoms with Gasteiger partial charge in [0.25, 0.3) is 0 Å². The lowest BCUT2D eigenvalue weighted by Crippen LogP contribution is -2.11. The Bertz CT molecular complexity index is 322. The van der Waals surface area contributed by atoms with Gasteiger partial charge >= 0.3 is 0 Å². The van der Waals surface area contributed by atoms with E-state index >= 15 is 0 Å². The summed E-state index contributed by atoms with van der Waals surface area (Å²) in [4.78, 5) is 0. The normalized spacial score (nSPS) is 10.8. The van der Waals surface area contributed by atoms with Crippen LogP contribution in [0, 0.1) is 11.7 Å². The largest absolute Gasteiger partial charge is 0.493 e. The Balaban J connectivity index is 2.65. The van der Waals surface area contributed by atoms with Crippen LogP contribution in [0.3, 0.4) is 0 Å². The number of aliphatic hydroxyl groups excluding tert-OH is 1. The highest BCUT2D eigenvalue weighted by Gasteiger charge is 2.08. The Hall–Kier alpha value is -1.09. The second kappa shape index (κ2) is 6.48. The van der Waals surface area contributed by atoms with Crippen LogP contribution in [-0.2, 0) is 6.61 Å². The van der Waals surface area contributed by atoms with Crippen LogP contribution in [0.2, 0.25) is 0 Å². The van der Waals surface area contributed by atoms with E-state index in [0.29, 0.717) is 23.8 Å². The molecule has 2 nitrogen and oxygen atoms in total. The van der Waals surface area contributed by atoms with Crippen LogP contribution < -0.4 is 4.74 Å². The van der Waals surface area contributed by atoms with Crippen molar-refractivity contribution in [1.29, 1.82) is 0 Å². The highest BCUT2D eigenvalue weighted by molar-refractivity contribution is 5.33. The van der Waals surface area contributed by atoms with Gasteiger partial charge in [0.15, 0.2) is 0 Å². The van der Waals surface area contributed by atoms with Crippen LogP contribution >= 0.6 is 0 Å². The number of ether oxygens (including phenoxy) is 1. The van der Waals surface area contributed by atoms with E-state index in [-0.39, 0.29) is 12.4 Å². The number of halogens is 1. The Kier molecular flexibility index (Phi) is 5.26. The fourth-order valence-corrected chi connectivity index (χ4v) is 1.54. The highest BCUT2D eigenvalue weighted by atomic mass is 19.1. The Morgan fingerprint density at radius 2 is 2.00 bits per heavy atom. The molecule has 90 valence electrons. The molecule has 0 aliphatic rings. The summed E-state index contributed by atoms with van der Waals surface area (Å²) in [6, 6.07) is 4.23. The molecule has 0 aromatic heterocycles. The van der Waals surface area contributed by atoms with E-state index in [1.165, 1.54) is 12.1 Å². The van der Waals surface area contributed by atoms with Gasteiger partial charge in [0.1, 0.15) is 11.6 Å². The van der Waals surface area contributed by atoms with Gasteiger partial charge in [0.05, 0.1) is 13.2 Å². The maximum Gasteiger partial charge on any atom is 0.125 e. The second-order valence-electron chi connectivity index (χ2n) is 3.90. The Morgan fingerprint density at radius 3 is 2.56 bits per heavy atom. The average Bonchev–Trinajstić information content (AvgIpc) is 2.31. The van der Waals surface area contributed by atoms with Gasteiger partial charge in [-0.15, -0.1) is 0 Å². The number of hydrogen-bond acceptors (Lipinski definition) is 2. The highest BCUT2D eigenvalue weighted by Crippen LogP contribution is 2.21. The third kappa shape index (κ3) is 3.49. The van der Waals surface area contributed by atoms with E-state index in [1.807, 2.05) is 0 Å². The molecular weight excluding hydrogens is 207 g/mol. The van der Waals surface area contributed by atoms with Crippen molar-refractivity contribution in [3.63, 3.8) is 0 Å². The van der Waals surface area contributed by atoms with Gasteiger partial charge in [-0.25, -0.2) is 4.39 Å². The molecule has 1 rings (SSSR count). The molecule has 0 saturated carbocycles. The fraction of sp³-hybridized carbons (Fsp3) is 0.538. The molecule has 0 amide bonds. The molecule has 0 bridgehead atoms. The molecule has 0 atom stereocenters. The summed E-state index contributed by atoms with van der Waals surface area (Å²) in [5, 5.41) is 9.08. The first-order valence-electron chi connectivity index (χ1n) is 5.73. The molecule has 1 aromatic rings. The van der Waals surface area contributed by atoms with Crippen molar-refractivity contribution in [2.75, 3.05) is 6.61 Å². The van der Waals surface area contributed by atoms with Gasteiger partial charge < -0.3 is 9.84 Å². The zero-order valence-corrected chi connectivity index (χ0v) is 9.87. The van der Waals surface area contributed by atoms with Crippen LogP contribution in [-0.4, -0.2) is 11.7 Å². The van der Waals surface area contributed by atoms with Crippen molar-refractivity contribution < 1.29 is 14.2 Å². The summed E-state index contributed by atoms with van der Waals surface area (Å²) in [5.74, 6) is 0.742. The summed E-state index contributed by atoms with van der Waals surface area (Å²) in [6.45, 7) is 4.66. The molecule has 0 spiro atoms. The third-order valence-corrected chi connectivity index (χ3v) is 2.82. The first kappa shape index (κ1) is 13.0. The topological polar surface area (TPSA) is 29.5 Å². The smallest absolute Gasteiger partial charge is 0.125 e. The Labute approximate surface area is 96.1 Å². The minimum absolute atomic E-state index is 0.198. The summed E-state index contributed by atoms with van der Waals surface area (Å²) in [5.41, 5.74) is 0.506. The number of aliphatic hydroxyl groups is 1. The quantitative estimate of drug-likeness (QED) is 0.807. The molecule has 3 heteroatoms. The molecule has 1 aromatic carbocycles. The number of benzene rings is 1. The molecule has 1 N–H and O–H groups in total. The third-order valence-electron chi connectivity index (χ3n) is 2.82. The lowest BCUT2D eigenvalue weighted by atomic mass is 10.1. The first-order chi connectivity index (χ1) is 7.71. The molecule has 0 saturated heterocycles. The summed E-state index contributed by atoms with van der Waals surface area (Å²) in [7, 11) is 0. The molecule has 0 radical (unpaired) electrons. The van der Waals surface area contributed by atoms with E-state index < -0.39 is 0 Å². The maximum atomic E-state index is 12.9. The van der Waals surface area contributed by atoms with Crippen molar-refractivity contribution in [2.45, 2.75) is 33.3 Å². The minimum Gasteiger partial charge on any atom is -0.493 e. The Morgan fingerprint density at radius 1 is 1.31 bits per heavy atom. The molecule has 16 heavy (non-hydrogen) atoms. The van der Waals surface area contributed by atoms with Gasteiger partial charge in [-0.05, 0) is 24.1 Å². The van der Waals surface area contributed by atoms with E-state index in [0.717, 1.165) is 12.8 Å². The van der Waals surface area contributed by atoms with Crippen LogP contribution in [0.15, 0.2) is 18.2 Å². The van der Waals surface area contributed by atoms with E-state index in [1.54, 1.807) is 6.07 Å². The van der Waals surface area contributed by atoms with Crippen molar-refractivity contribution in [1.82, 2.24) is 0 Å².